The van der Waals surface area contributed by atoms with Crippen molar-refractivity contribution in [2.75, 3.05) is 0 Å². The molecule has 0 bridgehead atoms. The van der Waals surface area contributed by atoms with E-state index in [1.807, 2.05) is 0 Å². The van der Waals surface area contributed by atoms with E-state index in [4.69, 9.17) is 0 Å². The minimum atomic E-state index is 0.934. The van der Waals surface area contributed by atoms with Crippen LogP contribution < -0.4 is 0 Å². The van der Waals surface area contributed by atoms with Crippen molar-refractivity contribution in [1.82, 2.24) is 0 Å². The van der Waals surface area contributed by atoms with Crippen molar-refractivity contribution in [3.8, 4) is 0 Å². The molecular weight excluding hydrogens is 168 g/mol. The maximum absolute atomic E-state index is 3.42. The molecule has 0 heterocycles. The minimum Gasteiger partial charge on any atom is -0.0845 e. The van der Waals surface area contributed by atoms with Gasteiger partial charge in [0.1, 0.15) is 0 Å². The molecule has 0 aromatic rings. The number of rotatable bonds is 1. The van der Waals surface area contributed by atoms with E-state index in [2.05, 4.69) is 48.6 Å². The van der Waals surface area contributed by atoms with Gasteiger partial charge in [0.15, 0.2) is 0 Å². The Balaban J connectivity index is 2.17. The first-order valence-electron chi connectivity index (χ1n) is 5.27. The molecule has 0 nitrogen and oxygen atoms in total. The fourth-order valence-electron chi connectivity index (χ4n) is 1.75. The molecule has 0 N–H and O–H groups in total. The van der Waals surface area contributed by atoms with E-state index in [0.717, 1.165) is 6.42 Å². The van der Waals surface area contributed by atoms with Crippen LogP contribution in [0.3, 0.4) is 0 Å². The Kier molecular flexibility index (Phi) is 3.18. The van der Waals surface area contributed by atoms with Crippen LogP contribution in [0.1, 0.15) is 25.7 Å². The molecule has 14 heavy (non-hydrogen) atoms. The third-order valence-corrected chi connectivity index (χ3v) is 2.52. The zero-order chi connectivity index (χ0) is 9.64. The lowest BCUT2D eigenvalue weighted by Crippen LogP contribution is -1.86. The van der Waals surface area contributed by atoms with Crippen LogP contribution in [0.25, 0.3) is 0 Å². The molecular formula is C14H15. The molecule has 0 heteroatoms. The summed E-state index contributed by atoms with van der Waals surface area (Å²) >= 11 is 0. The SMILES string of the molecule is [C]1=C(C2=CC=CCCC2)C=CC=CC1. The van der Waals surface area contributed by atoms with Gasteiger partial charge in [0.05, 0.1) is 0 Å². The molecule has 0 unspecified atom stereocenters. The zero-order valence-corrected chi connectivity index (χ0v) is 8.37. The van der Waals surface area contributed by atoms with Crippen LogP contribution in [-0.4, -0.2) is 0 Å². The quantitative estimate of drug-likeness (QED) is 0.578. The minimum absolute atomic E-state index is 0.934. The van der Waals surface area contributed by atoms with E-state index >= 15 is 0 Å². The third kappa shape index (κ3) is 2.35. The first kappa shape index (κ1) is 9.26. The highest BCUT2D eigenvalue weighted by molar-refractivity contribution is 5.42. The molecule has 1 radical (unpaired) electrons. The van der Waals surface area contributed by atoms with Crippen LogP contribution in [-0.2, 0) is 0 Å². The molecule has 2 aliphatic rings. The van der Waals surface area contributed by atoms with E-state index < -0.39 is 0 Å². The molecule has 0 aliphatic heterocycles. The Bertz CT molecular complexity index is 335. The molecule has 0 saturated heterocycles. The molecule has 0 aromatic carbocycles. The van der Waals surface area contributed by atoms with E-state index in [1.165, 1.54) is 30.4 Å². The van der Waals surface area contributed by atoms with Gasteiger partial charge in [-0.1, -0.05) is 42.5 Å². The normalized spacial score (nSPS) is 21.1. The largest absolute Gasteiger partial charge is 0.0845 e. The molecule has 71 valence electrons. The van der Waals surface area contributed by atoms with Crippen LogP contribution in [0.2, 0.25) is 0 Å². The molecule has 0 atom stereocenters. The molecule has 2 aliphatic carbocycles. The monoisotopic (exact) mass is 183 g/mol. The highest BCUT2D eigenvalue weighted by Crippen LogP contribution is 2.22. The maximum Gasteiger partial charge on any atom is -0.00852 e. The molecule has 0 amide bonds. The van der Waals surface area contributed by atoms with Gasteiger partial charge in [0.2, 0.25) is 0 Å². The zero-order valence-electron chi connectivity index (χ0n) is 8.37. The summed E-state index contributed by atoms with van der Waals surface area (Å²) in [5, 5.41) is 0. The summed E-state index contributed by atoms with van der Waals surface area (Å²) in [5.74, 6) is 0. The Morgan fingerprint density at radius 3 is 3.07 bits per heavy atom. The van der Waals surface area contributed by atoms with Crippen LogP contribution in [0.5, 0.6) is 0 Å². The van der Waals surface area contributed by atoms with E-state index in [-0.39, 0.29) is 0 Å². The number of hydrogen-bond acceptors (Lipinski definition) is 0. The second kappa shape index (κ2) is 4.80. The lowest BCUT2D eigenvalue weighted by atomic mass is 10.0. The standard InChI is InChI=1S/C14H15/c1-2-6-10-13(9-5-1)14-11-7-3-4-8-12-14/h1-3,5,7,9,11H,4,6,8,12H2. The first-order chi connectivity index (χ1) is 6.97. The lowest BCUT2D eigenvalue weighted by molar-refractivity contribution is 0.848. The molecule has 2 rings (SSSR count). The average molecular weight is 183 g/mol. The van der Waals surface area contributed by atoms with Crippen LogP contribution in [0, 0.1) is 6.08 Å². The van der Waals surface area contributed by atoms with Crippen molar-refractivity contribution in [3.63, 3.8) is 0 Å². The summed E-state index contributed by atoms with van der Waals surface area (Å²) in [7, 11) is 0. The predicted molar refractivity (Wildman–Crippen MR) is 60.7 cm³/mol. The smallest absolute Gasteiger partial charge is 0.00852 e. The van der Waals surface area contributed by atoms with Crippen LogP contribution in [0.15, 0.2) is 53.7 Å². The molecule has 0 spiro atoms. The van der Waals surface area contributed by atoms with Gasteiger partial charge >= 0.3 is 0 Å². The topological polar surface area (TPSA) is 0 Å². The van der Waals surface area contributed by atoms with Crippen molar-refractivity contribution in [1.29, 1.82) is 0 Å². The molecule has 0 fully saturated rings. The first-order valence-corrected chi connectivity index (χ1v) is 5.27. The summed E-state index contributed by atoms with van der Waals surface area (Å²) in [6.45, 7) is 0. The van der Waals surface area contributed by atoms with Gasteiger partial charge < -0.3 is 0 Å². The Labute approximate surface area is 86.0 Å². The van der Waals surface area contributed by atoms with Crippen molar-refractivity contribution >= 4 is 0 Å². The Hall–Kier alpha value is -1.30. The van der Waals surface area contributed by atoms with Gasteiger partial charge in [-0.15, -0.1) is 0 Å². The van der Waals surface area contributed by atoms with Gasteiger partial charge in [-0.3, -0.25) is 0 Å². The number of hydrogen-bond donors (Lipinski definition) is 0. The van der Waals surface area contributed by atoms with E-state index in [9.17, 15) is 0 Å². The van der Waals surface area contributed by atoms with Gasteiger partial charge in [0.25, 0.3) is 0 Å². The van der Waals surface area contributed by atoms with Gasteiger partial charge in [-0.05, 0) is 42.9 Å². The summed E-state index contributed by atoms with van der Waals surface area (Å²) in [6.07, 6.45) is 23.1. The van der Waals surface area contributed by atoms with E-state index in [0.29, 0.717) is 0 Å². The Morgan fingerprint density at radius 1 is 1.07 bits per heavy atom. The fraction of sp³-hybridized carbons (Fsp3) is 0.286. The van der Waals surface area contributed by atoms with Crippen LogP contribution >= 0.6 is 0 Å². The summed E-state index contributed by atoms with van der Waals surface area (Å²) in [5.41, 5.74) is 2.71. The second-order valence-corrected chi connectivity index (χ2v) is 3.59. The van der Waals surface area contributed by atoms with E-state index in [1.54, 1.807) is 0 Å². The average Bonchev–Trinajstić information content (AvgIpc) is 2.62. The van der Waals surface area contributed by atoms with Gasteiger partial charge in [0, 0.05) is 0 Å². The summed E-state index contributed by atoms with van der Waals surface area (Å²) < 4.78 is 0. The van der Waals surface area contributed by atoms with Crippen LogP contribution in [0.4, 0.5) is 0 Å². The summed E-state index contributed by atoms with van der Waals surface area (Å²) in [4.78, 5) is 0. The highest BCUT2D eigenvalue weighted by Gasteiger charge is 2.03. The van der Waals surface area contributed by atoms with Gasteiger partial charge in [-0.2, -0.15) is 0 Å². The Morgan fingerprint density at radius 2 is 2.07 bits per heavy atom. The maximum atomic E-state index is 3.42. The second-order valence-electron chi connectivity index (χ2n) is 3.59. The van der Waals surface area contributed by atoms with Gasteiger partial charge in [-0.25, -0.2) is 0 Å². The molecule has 0 saturated carbocycles. The van der Waals surface area contributed by atoms with Crippen molar-refractivity contribution < 1.29 is 0 Å². The van der Waals surface area contributed by atoms with Crippen molar-refractivity contribution in [2.45, 2.75) is 25.7 Å². The summed E-state index contributed by atoms with van der Waals surface area (Å²) in [6, 6.07) is 0. The highest BCUT2D eigenvalue weighted by atomic mass is 14.1. The van der Waals surface area contributed by atoms with Crippen molar-refractivity contribution in [2.24, 2.45) is 0 Å². The third-order valence-electron chi connectivity index (χ3n) is 2.52. The number of allylic oxidation sites excluding steroid dienone is 10. The lowest BCUT2D eigenvalue weighted by Gasteiger charge is -2.05. The predicted octanol–water partition coefficient (Wildman–Crippen LogP) is 3.90. The fourth-order valence-corrected chi connectivity index (χ4v) is 1.75. The van der Waals surface area contributed by atoms with Crippen molar-refractivity contribution in [3.05, 3.63) is 59.8 Å². The molecule has 0 aromatic heterocycles.